The van der Waals surface area contributed by atoms with Gasteiger partial charge in [0.25, 0.3) is 0 Å². The Hall–Kier alpha value is -1.58. The molecule has 17 heavy (non-hydrogen) atoms. The van der Waals surface area contributed by atoms with E-state index in [1.807, 2.05) is 17.0 Å². The van der Waals surface area contributed by atoms with Crippen LogP contribution in [-0.2, 0) is 6.54 Å². The number of likely N-dealkylation sites (tertiary alicyclic amines) is 1. The average molecular weight is 233 g/mol. The Kier molecular flexibility index (Phi) is 4.36. The smallest absolute Gasteiger partial charge is 0.317 e. The van der Waals surface area contributed by atoms with Gasteiger partial charge in [0.15, 0.2) is 0 Å². The lowest BCUT2D eigenvalue weighted by atomic mass is 10.2. The maximum absolute atomic E-state index is 11.9. The largest absolute Gasteiger partial charge is 0.334 e. The van der Waals surface area contributed by atoms with Crippen LogP contribution in [0.25, 0.3) is 0 Å². The fourth-order valence-electron chi connectivity index (χ4n) is 2.07. The van der Waals surface area contributed by atoms with Crippen LogP contribution in [0, 0.1) is 0 Å². The second kappa shape index (κ2) is 6.23. The lowest BCUT2D eigenvalue weighted by molar-refractivity contribution is 0.199. The molecule has 0 radical (unpaired) electrons. The van der Waals surface area contributed by atoms with Crippen LogP contribution in [0.4, 0.5) is 4.79 Å². The lowest BCUT2D eigenvalue weighted by Gasteiger charge is -2.20. The van der Waals surface area contributed by atoms with E-state index in [1.54, 1.807) is 12.4 Å². The van der Waals surface area contributed by atoms with E-state index in [1.165, 1.54) is 12.8 Å². The maximum atomic E-state index is 11.9. The zero-order valence-corrected chi connectivity index (χ0v) is 10.1. The fraction of sp³-hybridized carbons (Fsp3) is 0.538. The molecule has 1 aromatic heterocycles. The van der Waals surface area contributed by atoms with Crippen molar-refractivity contribution in [2.75, 3.05) is 13.1 Å². The minimum absolute atomic E-state index is 0.0516. The number of carbonyl (C=O) groups is 1. The van der Waals surface area contributed by atoms with Gasteiger partial charge < -0.3 is 10.2 Å². The normalized spacial score (nSPS) is 16.4. The number of rotatable bonds is 2. The van der Waals surface area contributed by atoms with Gasteiger partial charge in [-0.25, -0.2) is 4.79 Å². The van der Waals surface area contributed by atoms with Crippen molar-refractivity contribution in [2.24, 2.45) is 0 Å². The average Bonchev–Trinajstić information content (AvgIpc) is 2.66. The molecule has 1 aliphatic rings. The first-order valence-corrected chi connectivity index (χ1v) is 6.28. The summed E-state index contributed by atoms with van der Waals surface area (Å²) in [7, 11) is 0. The molecule has 1 saturated heterocycles. The molecule has 0 atom stereocenters. The van der Waals surface area contributed by atoms with Gasteiger partial charge in [-0.15, -0.1) is 0 Å². The van der Waals surface area contributed by atoms with Crippen molar-refractivity contribution in [1.82, 2.24) is 15.2 Å². The molecule has 0 unspecified atom stereocenters. The monoisotopic (exact) mass is 233 g/mol. The Bertz CT molecular complexity index is 345. The summed E-state index contributed by atoms with van der Waals surface area (Å²) < 4.78 is 0. The molecule has 0 bridgehead atoms. The number of amides is 2. The van der Waals surface area contributed by atoms with Gasteiger partial charge in [0.05, 0.1) is 0 Å². The number of carbonyl (C=O) groups excluding carboxylic acids is 1. The molecule has 0 spiro atoms. The van der Waals surface area contributed by atoms with Gasteiger partial charge in [0, 0.05) is 32.0 Å². The van der Waals surface area contributed by atoms with Crippen molar-refractivity contribution in [3.05, 3.63) is 30.1 Å². The van der Waals surface area contributed by atoms with Crippen LogP contribution in [0.5, 0.6) is 0 Å². The van der Waals surface area contributed by atoms with Crippen molar-refractivity contribution in [1.29, 1.82) is 0 Å². The molecule has 1 fully saturated rings. The maximum Gasteiger partial charge on any atom is 0.317 e. The van der Waals surface area contributed by atoms with Crippen molar-refractivity contribution in [3.8, 4) is 0 Å². The molecule has 4 nitrogen and oxygen atoms in total. The van der Waals surface area contributed by atoms with Gasteiger partial charge in [0.1, 0.15) is 0 Å². The SMILES string of the molecule is O=C(NCc1cccnc1)N1CCCCCC1. The summed E-state index contributed by atoms with van der Waals surface area (Å²) in [4.78, 5) is 17.9. The van der Waals surface area contributed by atoms with E-state index in [0.29, 0.717) is 6.54 Å². The molecular formula is C13H19N3O. The van der Waals surface area contributed by atoms with Crippen LogP contribution in [0.2, 0.25) is 0 Å². The number of hydrogen-bond donors (Lipinski definition) is 1. The molecule has 2 rings (SSSR count). The van der Waals surface area contributed by atoms with Crippen molar-refractivity contribution < 1.29 is 4.79 Å². The molecule has 0 saturated carbocycles. The molecule has 0 aromatic carbocycles. The first-order valence-electron chi connectivity index (χ1n) is 6.28. The zero-order chi connectivity index (χ0) is 11.9. The molecule has 1 N–H and O–H groups in total. The second-order valence-corrected chi connectivity index (χ2v) is 4.42. The fourth-order valence-corrected chi connectivity index (χ4v) is 2.07. The third-order valence-corrected chi connectivity index (χ3v) is 3.06. The van der Waals surface area contributed by atoms with E-state index in [4.69, 9.17) is 0 Å². The molecule has 0 aliphatic carbocycles. The van der Waals surface area contributed by atoms with Gasteiger partial charge >= 0.3 is 6.03 Å². The zero-order valence-electron chi connectivity index (χ0n) is 10.1. The predicted octanol–water partition coefficient (Wildman–Crippen LogP) is 2.17. The summed E-state index contributed by atoms with van der Waals surface area (Å²) in [6.07, 6.45) is 8.25. The van der Waals surface area contributed by atoms with E-state index in [2.05, 4.69) is 10.3 Å². The first-order chi connectivity index (χ1) is 8.36. The Balaban J connectivity index is 1.80. The van der Waals surface area contributed by atoms with Crippen LogP contribution in [0.3, 0.4) is 0 Å². The van der Waals surface area contributed by atoms with Crippen LogP contribution in [0.1, 0.15) is 31.2 Å². The highest BCUT2D eigenvalue weighted by Gasteiger charge is 2.14. The summed E-state index contributed by atoms with van der Waals surface area (Å²) >= 11 is 0. The predicted molar refractivity (Wildman–Crippen MR) is 66.5 cm³/mol. The molecule has 1 aliphatic heterocycles. The summed E-state index contributed by atoms with van der Waals surface area (Å²) in [5, 5.41) is 2.94. The molecule has 92 valence electrons. The molecule has 2 heterocycles. The van der Waals surface area contributed by atoms with E-state index in [-0.39, 0.29) is 6.03 Å². The highest BCUT2D eigenvalue weighted by molar-refractivity contribution is 5.74. The molecule has 1 aromatic rings. The van der Waals surface area contributed by atoms with Gasteiger partial charge in [-0.05, 0) is 24.5 Å². The molecule has 2 amide bonds. The summed E-state index contributed by atoms with van der Waals surface area (Å²) in [6.45, 7) is 2.33. The highest BCUT2D eigenvalue weighted by Crippen LogP contribution is 2.09. The number of pyridine rings is 1. The topological polar surface area (TPSA) is 45.2 Å². The number of urea groups is 1. The van der Waals surface area contributed by atoms with Crippen LogP contribution in [-0.4, -0.2) is 29.0 Å². The standard InChI is InChI=1S/C13H19N3O/c17-13(16-8-3-1-2-4-9-16)15-11-12-6-5-7-14-10-12/h5-7,10H,1-4,8-9,11H2,(H,15,17). The minimum atomic E-state index is 0.0516. The Labute approximate surface area is 102 Å². The Morgan fingerprint density at radius 2 is 2.06 bits per heavy atom. The minimum Gasteiger partial charge on any atom is -0.334 e. The van der Waals surface area contributed by atoms with Crippen molar-refractivity contribution in [2.45, 2.75) is 32.2 Å². The van der Waals surface area contributed by atoms with E-state index < -0.39 is 0 Å². The van der Waals surface area contributed by atoms with E-state index in [9.17, 15) is 4.79 Å². The quantitative estimate of drug-likeness (QED) is 0.850. The highest BCUT2D eigenvalue weighted by atomic mass is 16.2. The van der Waals surface area contributed by atoms with Gasteiger partial charge in [-0.3, -0.25) is 4.98 Å². The van der Waals surface area contributed by atoms with E-state index >= 15 is 0 Å². The molecular weight excluding hydrogens is 214 g/mol. The molecule has 4 heteroatoms. The lowest BCUT2D eigenvalue weighted by Crippen LogP contribution is -2.40. The van der Waals surface area contributed by atoms with E-state index in [0.717, 1.165) is 31.5 Å². The van der Waals surface area contributed by atoms with Crippen LogP contribution in [0.15, 0.2) is 24.5 Å². The van der Waals surface area contributed by atoms with Crippen molar-refractivity contribution in [3.63, 3.8) is 0 Å². The summed E-state index contributed by atoms with van der Waals surface area (Å²) in [5.74, 6) is 0. The Morgan fingerprint density at radius 1 is 1.29 bits per heavy atom. The number of aromatic nitrogens is 1. The van der Waals surface area contributed by atoms with Crippen LogP contribution >= 0.6 is 0 Å². The number of nitrogens with one attached hydrogen (secondary N) is 1. The Morgan fingerprint density at radius 3 is 2.71 bits per heavy atom. The van der Waals surface area contributed by atoms with Gasteiger partial charge in [0.2, 0.25) is 0 Å². The summed E-state index contributed by atoms with van der Waals surface area (Å²) in [5.41, 5.74) is 1.04. The first kappa shape index (κ1) is 11.9. The van der Waals surface area contributed by atoms with Gasteiger partial charge in [-0.2, -0.15) is 0 Å². The second-order valence-electron chi connectivity index (χ2n) is 4.42. The van der Waals surface area contributed by atoms with Crippen LogP contribution < -0.4 is 5.32 Å². The third-order valence-electron chi connectivity index (χ3n) is 3.06. The number of nitrogens with zero attached hydrogens (tertiary/aromatic N) is 2. The number of hydrogen-bond acceptors (Lipinski definition) is 2. The van der Waals surface area contributed by atoms with Gasteiger partial charge in [-0.1, -0.05) is 18.9 Å². The third kappa shape index (κ3) is 3.73. The summed E-state index contributed by atoms with van der Waals surface area (Å²) in [6, 6.07) is 3.90. The van der Waals surface area contributed by atoms with Crippen molar-refractivity contribution >= 4 is 6.03 Å².